The van der Waals surface area contributed by atoms with Crippen molar-refractivity contribution in [1.82, 2.24) is 15.3 Å². The number of nitrogens with one attached hydrogen (secondary N) is 1. The van der Waals surface area contributed by atoms with Crippen LogP contribution in [-0.4, -0.2) is 15.5 Å². The maximum atomic E-state index is 5.92. The SMILES string of the molecule is CC(C)(C)NCc1cncc(Oc2cccc(Cl)c2)n1. The first-order valence-electron chi connectivity index (χ1n) is 6.42. The molecular formula is C15H18ClN3O. The molecule has 1 N–H and O–H groups in total. The number of nitrogens with zero attached hydrogens (tertiary/aromatic N) is 2. The first-order valence-corrected chi connectivity index (χ1v) is 6.79. The van der Waals surface area contributed by atoms with Crippen LogP contribution in [0.5, 0.6) is 11.6 Å². The number of halogens is 1. The number of hydrogen-bond donors (Lipinski definition) is 1. The lowest BCUT2D eigenvalue weighted by Gasteiger charge is -2.20. The molecule has 0 radical (unpaired) electrons. The van der Waals surface area contributed by atoms with Gasteiger partial charge in [-0.1, -0.05) is 17.7 Å². The fourth-order valence-corrected chi connectivity index (χ4v) is 1.71. The molecule has 1 heterocycles. The van der Waals surface area contributed by atoms with Gasteiger partial charge >= 0.3 is 0 Å². The highest BCUT2D eigenvalue weighted by atomic mass is 35.5. The molecule has 0 fully saturated rings. The molecule has 20 heavy (non-hydrogen) atoms. The maximum absolute atomic E-state index is 5.92. The molecule has 0 bridgehead atoms. The fraction of sp³-hybridized carbons (Fsp3) is 0.333. The van der Waals surface area contributed by atoms with Gasteiger partial charge in [-0.3, -0.25) is 4.98 Å². The Hall–Kier alpha value is -1.65. The predicted molar refractivity (Wildman–Crippen MR) is 80.2 cm³/mol. The van der Waals surface area contributed by atoms with Gasteiger partial charge in [0.2, 0.25) is 5.88 Å². The number of benzene rings is 1. The van der Waals surface area contributed by atoms with Gasteiger partial charge in [-0.25, -0.2) is 4.98 Å². The summed E-state index contributed by atoms with van der Waals surface area (Å²) in [7, 11) is 0. The van der Waals surface area contributed by atoms with E-state index < -0.39 is 0 Å². The van der Waals surface area contributed by atoms with E-state index in [-0.39, 0.29) is 5.54 Å². The Kier molecular flexibility index (Phi) is 4.57. The minimum atomic E-state index is 0.0332. The largest absolute Gasteiger partial charge is 0.437 e. The molecule has 0 unspecified atom stereocenters. The van der Waals surface area contributed by atoms with Crippen molar-refractivity contribution in [1.29, 1.82) is 0 Å². The van der Waals surface area contributed by atoms with Crippen LogP contribution in [0.3, 0.4) is 0 Å². The molecule has 0 aliphatic rings. The van der Waals surface area contributed by atoms with E-state index in [4.69, 9.17) is 16.3 Å². The molecular weight excluding hydrogens is 274 g/mol. The quantitative estimate of drug-likeness (QED) is 0.930. The van der Waals surface area contributed by atoms with Gasteiger partial charge in [0.15, 0.2) is 0 Å². The second kappa shape index (κ2) is 6.20. The first-order chi connectivity index (χ1) is 9.42. The monoisotopic (exact) mass is 291 g/mol. The smallest absolute Gasteiger partial charge is 0.238 e. The normalized spacial score (nSPS) is 11.4. The summed E-state index contributed by atoms with van der Waals surface area (Å²) < 4.78 is 5.65. The van der Waals surface area contributed by atoms with E-state index >= 15 is 0 Å². The van der Waals surface area contributed by atoms with Gasteiger partial charge in [-0.15, -0.1) is 0 Å². The average molecular weight is 292 g/mol. The van der Waals surface area contributed by atoms with Crippen LogP contribution in [0.4, 0.5) is 0 Å². The molecule has 0 aliphatic carbocycles. The van der Waals surface area contributed by atoms with Crippen molar-refractivity contribution < 1.29 is 4.74 Å². The van der Waals surface area contributed by atoms with E-state index in [9.17, 15) is 0 Å². The summed E-state index contributed by atoms with van der Waals surface area (Å²) in [6.45, 7) is 6.95. The summed E-state index contributed by atoms with van der Waals surface area (Å²) in [4.78, 5) is 8.55. The fourth-order valence-electron chi connectivity index (χ4n) is 1.53. The predicted octanol–water partition coefficient (Wildman–Crippen LogP) is 3.81. The number of rotatable bonds is 4. The highest BCUT2D eigenvalue weighted by Crippen LogP contribution is 2.22. The van der Waals surface area contributed by atoms with Crippen molar-refractivity contribution in [3.63, 3.8) is 0 Å². The molecule has 0 spiro atoms. The molecule has 2 rings (SSSR count). The molecule has 106 valence electrons. The highest BCUT2D eigenvalue weighted by molar-refractivity contribution is 6.30. The Morgan fingerprint density at radius 2 is 2.05 bits per heavy atom. The zero-order chi connectivity index (χ0) is 14.6. The second-order valence-electron chi connectivity index (χ2n) is 5.51. The summed E-state index contributed by atoms with van der Waals surface area (Å²) >= 11 is 5.92. The Morgan fingerprint density at radius 3 is 2.75 bits per heavy atom. The Bertz CT molecular complexity index is 581. The van der Waals surface area contributed by atoms with E-state index in [0.717, 1.165) is 5.69 Å². The van der Waals surface area contributed by atoms with Crippen LogP contribution in [0.25, 0.3) is 0 Å². The Balaban J connectivity index is 2.06. The molecule has 1 aromatic carbocycles. The van der Waals surface area contributed by atoms with Crippen molar-refractivity contribution >= 4 is 11.6 Å². The second-order valence-corrected chi connectivity index (χ2v) is 5.95. The van der Waals surface area contributed by atoms with Crippen LogP contribution in [-0.2, 0) is 6.54 Å². The lowest BCUT2D eigenvalue weighted by Crippen LogP contribution is -2.35. The van der Waals surface area contributed by atoms with Gasteiger partial charge in [-0.2, -0.15) is 0 Å². The van der Waals surface area contributed by atoms with E-state index in [1.54, 1.807) is 24.5 Å². The van der Waals surface area contributed by atoms with Crippen molar-refractivity contribution in [3.05, 3.63) is 47.4 Å². The average Bonchev–Trinajstić information content (AvgIpc) is 2.36. The Morgan fingerprint density at radius 1 is 1.25 bits per heavy atom. The van der Waals surface area contributed by atoms with Crippen LogP contribution in [0.2, 0.25) is 5.02 Å². The van der Waals surface area contributed by atoms with Crippen molar-refractivity contribution in [2.75, 3.05) is 0 Å². The number of ether oxygens (including phenoxy) is 1. The van der Waals surface area contributed by atoms with Gasteiger partial charge in [0.05, 0.1) is 11.9 Å². The molecule has 4 nitrogen and oxygen atoms in total. The lowest BCUT2D eigenvalue weighted by atomic mass is 10.1. The molecule has 0 amide bonds. The molecule has 0 atom stereocenters. The van der Waals surface area contributed by atoms with Gasteiger partial charge in [-0.05, 0) is 39.0 Å². The number of aromatic nitrogens is 2. The lowest BCUT2D eigenvalue weighted by molar-refractivity contribution is 0.414. The van der Waals surface area contributed by atoms with E-state index in [2.05, 4.69) is 36.1 Å². The minimum Gasteiger partial charge on any atom is -0.437 e. The van der Waals surface area contributed by atoms with Crippen molar-refractivity contribution in [2.45, 2.75) is 32.9 Å². The maximum Gasteiger partial charge on any atom is 0.238 e. The summed E-state index contributed by atoms with van der Waals surface area (Å²) in [5.41, 5.74) is 0.866. The van der Waals surface area contributed by atoms with Crippen LogP contribution in [0.15, 0.2) is 36.7 Å². The zero-order valence-electron chi connectivity index (χ0n) is 11.9. The van der Waals surface area contributed by atoms with Gasteiger partial charge in [0.1, 0.15) is 5.75 Å². The van der Waals surface area contributed by atoms with Gasteiger partial charge in [0.25, 0.3) is 0 Å². The van der Waals surface area contributed by atoms with E-state index in [1.165, 1.54) is 0 Å². The van der Waals surface area contributed by atoms with Crippen LogP contribution in [0.1, 0.15) is 26.5 Å². The summed E-state index contributed by atoms with van der Waals surface area (Å²) in [5.74, 6) is 1.10. The summed E-state index contributed by atoms with van der Waals surface area (Å²) in [6, 6.07) is 7.19. The highest BCUT2D eigenvalue weighted by Gasteiger charge is 2.09. The summed E-state index contributed by atoms with van der Waals surface area (Å²) in [5, 5.41) is 3.99. The van der Waals surface area contributed by atoms with Crippen LogP contribution in [0, 0.1) is 0 Å². The van der Waals surface area contributed by atoms with Gasteiger partial charge < -0.3 is 10.1 Å². The number of hydrogen-bond acceptors (Lipinski definition) is 4. The van der Waals surface area contributed by atoms with Crippen LogP contribution < -0.4 is 10.1 Å². The molecule has 5 heteroatoms. The molecule has 0 saturated heterocycles. The molecule has 0 aliphatic heterocycles. The zero-order valence-corrected chi connectivity index (χ0v) is 12.6. The van der Waals surface area contributed by atoms with Gasteiger partial charge in [0, 0.05) is 23.3 Å². The van der Waals surface area contributed by atoms with Crippen LogP contribution >= 0.6 is 11.6 Å². The third-order valence-electron chi connectivity index (χ3n) is 2.48. The topological polar surface area (TPSA) is 47.0 Å². The third-order valence-corrected chi connectivity index (χ3v) is 2.72. The molecule has 0 saturated carbocycles. The molecule has 2 aromatic rings. The molecule has 1 aromatic heterocycles. The standard InChI is InChI=1S/C15H18ClN3O/c1-15(2,3)18-9-12-8-17-10-14(19-12)20-13-6-4-5-11(16)7-13/h4-8,10,18H,9H2,1-3H3. The van der Waals surface area contributed by atoms with E-state index in [0.29, 0.717) is 23.2 Å². The van der Waals surface area contributed by atoms with Crippen molar-refractivity contribution in [3.8, 4) is 11.6 Å². The van der Waals surface area contributed by atoms with Crippen molar-refractivity contribution in [2.24, 2.45) is 0 Å². The minimum absolute atomic E-state index is 0.0332. The third kappa shape index (κ3) is 4.79. The van der Waals surface area contributed by atoms with E-state index in [1.807, 2.05) is 12.1 Å². The summed E-state index contributed by atoms with van der Waals surface area (Å²) in [6.07, 6.45) is 3.31. The first kappa shape index (κ1) is 14.8. The Labute approximate surface area is 124 Å².